The number of hydrogen-bond donors (Lipinski definition) is 0. The van der Waals surface area contributed by atoms with Gasteiger partial charge in [0, 0.05) is 0 Å². The van der Waals surface area contributed by atoms with Gasteiger partial charge in [-0.15, -0.1) is 0 Å². The van der Waals surface area contributed by atoms with E-state index in [1.165, 1.54) is 37.8 Å². The van der Waals surface area contributed by atoms with Gasteiger partial charge in [0.15, 0.2) is 0 Å². The zero-order valence-corrected chi connectivity index (χ0v) is 10.5. The van der Waals surface area contributed by atoms with Crippen LogP contribution in [0.1, 0.15) is 39.5 Å². The fourth-order valence-electron chi connectivity index (χ4n) is 1.46. The minimum absolute atomic E-state index is 0.592. The summed E-state index contributed by atoms with van der Waals surface area (Å²) >= 11 is 0. The molecule has 0 rings (SSSR count). The van der Waals surface area contributed by atoms with Crippen LogP contribution in [0.5, 0.6) is 0 Å². The Bertz CT molecular complexity index is 115. The SMILES string of the molecule is CCCC[SiH](C=COC)CCCC. The molecule has 13 heavy (non-hydrogen) atoms. The molecule has 1 nitrogen and oxygen atoms in total. The second-order valence-electron chi connectivity index (χ2n) is 3.61. The molecule has 0 aromatic heterocycles. The Morgan fingerprint density at radius 3 is 2.00 bits per heavy atom. The molecule has 0 fully saturated rings. The minimum atomic E-state index is -0.592. The predicted molar refractivity (Wildman–Crippen MR) is 62.7 cm³/mol. The van der Waals surface area contributed by atoms with Crippen LogP contribution in [0.4, 0.5) is 0 Å². The van der Waals surface area contributed by atoms with Crippen LogP contribution in [0.15, 0.2) is 12.0 Å². The van der Waals surface area contributed by atoms with Crippen LogP contribution >= 0.6 is 0 Å². The van der Waals surface area contributed by atoms with Crippen molar-refractivity contribution in [3.63, 3.8) is 0 Å². The summed E-state index contributed by atoms with van der Waals surface area (Å²) in [5.74, 6) is 0. The molecule has 0 aromatic carbocycles. The molecule has 0 amide bonds. The lowest BCUT2D eigenvalue weighted by Crippen LogP contribution is -2.08. The van der Waals surface area contributed by atoms with E-state index in [0.29, 0.717) is 0 Å². The lowest BCUT2D eigenvalue weighted by Gasteiger charge is -2.08. The topological polar surface area (TPSA) is 9.23 Å². The Morgan fingerprint density at radius 1 is 1.08 bits per heavy atom. The van der Waals surface area contributed by atoms with Crippen molar-refractivity contribution in [1.82, 2.24) is 0 Å². The highest BCUT2D eigenvalue weighted by atomic mass is 28.3. The maximum atomic E-state index is 4.99. The zero-order valence-electron chi connectivity index (χ0n) is 9.38. The number of ether oxygens (including phenoxy) is 1. The Kier molecular flexibility index (Phi) is 9.66. The first-order valence-corrected chi connectivity index (χ1v) is 7.84. The Morgan fingerprint density at radius 2 is 1.62 bits per heavy atom. The molecule has 0 unspecified atom stereocenters. The van der Waals surface area contributed by atoms with E-state index in [9.17, 15) is 0 Å². The number of hydrogen-bond acceptors (Lipinski definition) is 1. The second-order valence-corrected chi connectivity index (χ2v) is 6.67. The van der Waals surface area contributed by atoms with E-state index >= 15 is 0 Å². The number of methoxy groups -OCH3 is 1. The van der Waals surface area contributed by atoms with E-state index in [4.69, 9.17) is 4.74 Å². The molecular weight excluding hydrogens is 176 g/mol. The fraction of sp³-hybridized carbons (Fsp3) is 0.818. The average molecular weight is 200 g/mol. The van der Waals surface area contributed by atoms with Crippen molar-refractivity contribution in [1.29, 1.82) is 0 Å². The van der Waals surface area contributed by atoms with E-state index < -0.39 is 8.80 Å². The molecule has 0 atom stereocenters. The van der Waals surface area contributed by atoms with Crippen LogP contribution in [-0.4, -0.2) is 15.9 Å². The molecule has 0 saturated heterocycles. The van der Waals surface area contributed by atoms with E-state index in [1.807, 2.05) is 6.26 Å². The van der Waals surface area contributed by atoms with Crippen LogP contribution < -0.4 is 0 Å². The second kappa shape index (κ2) is 9.84. The molecule has 0 aromatic rings. The van der Waals surface area contributed by atoms with Gasteiger partial charge in [0.2, 0.25) is 0 Å². The van der Waals surface area contributed by atoms with Gasteiger partial charge in [-0.3, -0.25) is 0 Å². The van der Waals surface area contributed by atoms with Gasteiger partial charge in [-0.2, -0.15) is 0 Å². The maximum Gasteiger partial charge on any atom is 0.0766 e. The molecule has 0 aliphatic carbocycles. The summed E-state index contributed by atoms with van der Waals surface area (Å²) in [5, 5.41) is 0. The molecule has 0 aliphatic rings. The normalized spacial score (nSPS) is 11.4. The quantitative estimate of drug-likeness (QED) is 0.430. The summed E-state index contributed by atoms with van der Waals surface area (Å²) in [7, 11) is 1.15. The van der Waals surface area contributed by atoms with E-state index in [-0.39, 0.29) is 0 Å². The van der Waals surface area contributed by atoms with Gasteiger partial charge in [-0.25, -0.2) is 0 Å². The molecule has 0 heterocycles. The van der Waals surface area contributed by atoms with Crippen LogP contribution in [0.3, 0.4) is 0 Å². The van der Waals surface area contributed by atoms with Crippen molar-refractivity contribution < 1.29 is 4.74 Å². The third kappa shape index (κ3) is 8.10. The third-order valence-corrected chi connectivity index (χ3v) is 5.34. The van der Waals surface area contributed by atoms with Gasteiger partial charge in [-0.1, -0.05) is 57.3 Å². The van der Waals surface area contributed by atoms with Crippen molar-refractivity contribution >= 4 is 8.80 Å². The number of unbranched alkanes of at least 4 members (excludes halogenated alkanes) is 2. The largest absolute Gasteiger partial charge is 0.505 e. The predicted octanol–water partition coefficient (Wildman–Crippen LogP) is 3.51. The zero-order chi connectivity index (χ0) is 9.94. The Balaban J connectivity index is 3.66. The van der Waals surface area contributed by atoms with Crippen LogP contribution in [0, 0.1) is 0 Å². The van der Waals surface area contributed by atoms with Gasteiger partial charge < -0.3 is 4.74 Å². The summed E-state index contributed by atoms with van der Waals surface area (Å²) in [5.41, 5.74) is 2.35. The molecule has 0 N–H and O–H groups in total. The van der Waals surface area contributed by atoms with Gasteiger partial charge in [0.05, 0.1) is 22.2 Å². The number of rotatable bonds is 8. The molecule has 0 aliphatic heterocycles. The van der Waals surface area contributed by atoms with Crippen molar-refractivity contribution in [2.75, 3.05) is 7.11 Å². The van der Waals surface area contributed by atoms with Crippen LogP contribution in [-0.2, 0) is 4.74 Å². The molecule has 78 valence electrons. The fourth-order valence-corrected chi connectivity index (χ4v) is 4.38. The molecule has 0 spiro atoms. The first kappa shape index (κ1) is 12.8. The van der Waals surface area contributed by atoms with Crippen molar-refractivity contribution in [3.05, 3.63) is 12.0 Å². The highest BCUT2D eigenvalue weighted by Crippen LogP contribution is 2.10. The minimum Gasteiger partial charge on any atom is -0.505 e. The van der Waals surface area contributed by atoms with Crippen molar-refractivity contribution in [2.45, 2.75) is 51.6 Å². The first-order chi connectivity index (χ1) is 6.35. The summed E-state index contributed by atoms with van der Waals surface area (Å²) in [4.78, 5) is 0. The Labute approximate surface area is 84.8 Å². The highest BCUT2D eigenvalue weighted by molar-refractivity contribution is 6.64. The monoisotopic (exact) mass is 200 g/mol. The molecular formula is C11H24OSi. The summed E-state index contributed by atoms with van der Waals surface area (Å²) < 4.78 is 4.99. The van der Waals surface area contributed by atoms with Crippen molar-refractivity contribution in [2.24, 2.45) is 0 Å². The summed E-state index contributed by atoms with van der Waals surface area (Å²) in [6.07, 6.45) is 7.35. The van der Waals surface area contributed by atoms with E-state index in [0.717, 1.165) is 0 Å². The Hall–Kier alpha value is -0.243. The highest BCUT2D eigenvalue weighted by Gasteiger charge is 2.05. The smallest absolute Gasteiger partial charge is 0.0766 e. The van der Waals surface area contributed by atoms with Crippen LogP contribution in [0.2, 0.25) is 12.1 Å². The maximum absolute atomic E-state index is 4.99. The van der Waals surface area contributed by atoms with Gasteiger partial charge in [0.1, 0.15) is 0 Å². The first-order valence-electron chi connectivity index (χ1n) is 5.54. The van der Waals surface area contributed by atoms with Crippen LogP contribution in [0.25, 0.3) is 0 Å². The lowest BCUT2D eigenvalue weighted by atomic mass is 10.4. The third-order valence-electron chi connectivity index (χ3n) is 2.34. The van der Waals surface area contributed by atoms with E-state index in [2.05, 4.69) is 19.5 Å². The average Bonchev–Trinajstić information content (AvgIpc) is 2.17. The summed E-state index contributed by atoms with van der Waals surface area (Å²) in [6, 6.07) is 2.91. The standard InChI is InChI=1S/C11H24OSi/c1-4-6-9-13(10-7-5-2)11-8-12-3/h8,11,13H,4-7,9-10H2,1-3H3. The molecule has 0 saturated carbocycles. The molecule has 2 heteroatoms. The molecule has 0 radical (unpaired) electrons. The lowest BCUT2D eigenvalue weighted by molar-refractivity contribution is 0.338. The van der Waals surface area contributed by atoms with E-state index in [1.54, 1.807) is 7.11 Å². The van der Waals surface area contributed by atoms with Gasteiger partial charge in [-0.05, 0) is 0 Å². The molecule has 0 bridgehead atoms. The summed E-state index contributed by atoms with van der Waals surface area (Å²) in [6.45, 7) is 4.54. The van der Waals surface area contributed by atoms with Gasteiger partial charge in [0.25, 0.3) is 0 Å². The van der Waals surface area contributed by atoms with Crippen molar-refractivity contribution in [3.8, 4) is 0 Å². The van der Waals surface area contributed by atoms with Gasteiger partial charge >= 0.3 is 0 Å².